The van der Waals surface area contributed by atoms with E-state index in [2.05, 4.69) is 20.5 Å². The average molecular weight is 274 g/mol. The van der Waals surface area contributed by atoms with Crippen molar-refractivity contribution in [1.82, 2.24) is 15.2 Å². The summed E-state index contributed by atoms with van der Waals surface area (Å²) in [6.07, 6.45) is 1.73. The molecule has 0 aliphatic rings. The highest BCUT2D eigenvalue weighted by Crippen LogP contribution is 2.17. The second-order valence-corrected chi connectivity index (χ2v) is 4.27. The van der Waals surface area contributed by atoms with Crippen molar-refractivity contribution in [2.24, 2.45) is 0 Å². The molecule has 1 heterocycles. The summed E-state index contributed by atoms with van der Waals surface area (Å²) in [5, 5.41) is 9.42. The molecule has 1 amide bonds. The second-order valence-electron chi connectivity index (χ2n) is 4.27. The molecule has 0 unspecified atom stereocenters. The molecular formula is C14H18N4O2. The van der Waals surface area contributed by atoms with E-state index >= 15 is 0 Å². The zero-order valence-corrected chi connectivity index (χ0v) is 11.6. The molecule has 20 heavy (non-hydrogen) atoms. The third kappa shape index (κ3) is 3.57. The van der Waals surface area contributed by atoms with Crippen molar-refractivity contribution in [3.63, 3.8) is 0 Å². The van der Waals surface area contributed by atoms with Gasteiger partial charge in [-0.25, -0.2) is 4.98 Å². The Kier molecular flexibility index (Phi) is 4.70. The molecule has 0 aliphatic heterocycles. The lowest BCUT2D eigenvalue weighted by Crippen LogP contribution is -2.13. The van der Waals surface area contributed by atoms with E-state index in [0.29, 0.717) is 18.0 Å². The molecule has 2 rings (SSSR count). The van der Waals surface area contributed by atoms with Crippen LogP contribution in [0.1, 0.15) is 36.7 Å². The maximum Gasteiger partial charge on any atom is 0.295 e. The fourth-order valence-electron chi connectivity index (χ4n) is 1.76. The molecule has 0 atom stereocenters. The first kappa shape index (κ1) is 14.0. The van der Waals surface area contributed by atoms with E-state index in [4.69, 9.17) is 4.74 Å². The number of ether oxygens (including phenoxy) is 1. The lowest BCUT2D eigenvalue weighted by Gasteiger charge is -2.06. The molecular weight excluding hydrogens is 256 g/mol. The number of anilines is 1. The van der Waals surface area contributed by atoms with Crippen LogP contribution in [-0.2, 0) is 6.42 Å². The van der Waals surface area contributed by atoms with E-state index in [1.807, 2.05) is 26.0 Å². The van der Waals surface area contributed by atoms with Crippen molar-refractivity contribution < 1.29 is 9.53 Å². The van der Waals surface area contributed by atoms with Crippen molar-refractivity contribution in [1.29, 1.82) is 0 Å². The van der Waals surface area contributed by atoms with E-state index in [0.717, 1.165) is 18.7 Å². The third-order valence-corrected chi connectivity index (χ3v) is 2.62. The molecule has 0 spiro atoms. The van der Waals surface area contributed by atoms with Crippen LogP contribution in [0.25, 0.3) is 0 Å². The van der Waals surface area contributed by atoms with Gasteiger partial charge in [0.2, 0.25) is 5.82 Å². The van der Waals surface area contributed by atoms with Crippen LogP contribution in [0, 0.1) is 0 Å². The lowest BCUT2D eigenvalue weighted by molar-refractivity contribution is 0.101. The zero-order valence-electron chi connectivity index (χ0n) is 11.6. The van der Waals surface area contributed by atoms with Gasteiger partial charge < -0.3 is 10.1 Å². The van der Waals surface area contributed by atoms with Gasteiger partial charge in [0.1, 0.15) is 11.6 Å². The van der Waals surface area contributed by atoms with Gasteiger partial charge in [0.05, 0.1) is 6.61 Å². The predicted molar refractivity (Wildman–Crippen MR) is 75.9 cm³/mol. The third-order valence-electron chi connectivity index (χ3n) is 2.62. The summed E-state index contributed by atoms with van der Waals surface area (Å²) in [5.41, 5.74) is 0.655. The summed E-state index contributed by atoms with van der Waals surface area (Å²) in [4.78, 5) is 16.1. The predicted octanol–water partition coefficient (Wildman–Crippen LogP) is 2.41. The van der Waals surface area contributed by atoms with Crippen LogP contribution >= 0.6 is 0 Å². The van der Waals surface area contributed by atoms with E-state index in [9.17, 15) is 4.79 Å². The number of amides is 1. The largest absolute Gasteiger partial charge is 0.494 e. The topological polar surface area (TPSA) is 79.9 Å². The lowest BCUT2D eigenvalue weighted by atomic mass is 10.3. The smallest absolute Gasteiger partial charge is 0.295 e. The molecule has 0 bridgehead atoms. The number of rotatable bonds is 6. The van der Waals surface area contributed by atoms with Gasteiger partial charge in [0, 0.05) is 18.2 Å². The van der Waals surface area contributed by atoms with Crippen LogP contribution in [0.3, 0.4) is 0 Å². The average Bonchev–Trinajstić information content (AvgIpc) is 2.89. The van der Waals surface area contributed by atoms with E-state index < -0.39 is 0 Å². The Labute approximate surface area is 117 Å². The summed E-state index contributed by atoms with van der Waals surface area (Å²) in [5.74, 6) is 1.25. The number of carbonyl (C=O) groups is 1. The van der Waals surface area contributed by atoms with E-state index in [-0.39, 0.29) is 11.7 Å². The van der Waals surface area contributed by atoms with Crippen LogP contribution in [0.15, 0.2) is 24.3 Å². The number of aromatic nitrogens is 3. The van der Waals surface area contributed by atoms with Crippen LogP contribution < -0.4 is 10.1 Å². The molecule has 0 fully saturated rings. The quantitative estimate of drug-likeness (QED) is 0.847. The van der Waals surface area contributed by atoms with Gasteiger partial charge in [-0.15, -0.1) is 5.10 Å². The fourth-order valence-corrected chi connectivity index (χ4v) is 1.76. The Morgan fingerprint density at radius 2 is 2.25 bits per heavy atom. The number of H-pyrrole nitrogens is 1. The van der Waals surface area contributed by atoms with Crippen molar-refractivity contribution in [2.45, 2.75) is 26.7 Å². The fraction of sp³-hybridized carbons (Fsp3) is 0.357. The maximum atomic E-state index is 12.0. The van der Waals surface area contributed by atoms with E-state index in [1.54, 1.807) is 12.1 Å². The van der Waals surface area contributed by atoms with Gasteiger partial charge in [0.25, 0.3) is 5.91 Å². The van der Waals surface area contributed by atoms with Crippen LogP contribution in [0.5, 0.6) is 5.75 Å². The number of carbonyl (C=O) groups excluding carboxylic acids is 1. The Bertz CT molecular complexity index is 580. The first-order valence-electron chi connectivity index (χ1n) is 6.68. The summed E-state index contributed by atoms with van der Waals surface area (Å²) in [7, 11) is 0. The molecule has 2 aromatic rings. The van der Waals surface area contributed by atoms with Crippen molar-refractivity contribution in [2.75, 3.05) is 11.9 Å². The SMILES string of the molecule is CCCc1nc(C(=O)Nc2cccc(OCC)c2)n[nH]1. The minimum atomic E-state index is -0.336. The first-order valence-corrected chi connectivity index (χ1v) is 6.68. The molecule has 1 aromatic carbocycles. The van der Waals surface area contributed by atoms with Gasteiger partial charge in [-0.05, 0) is 25.5 Å². The summed E-state index contributed by atoms with van der Waals surface area (Å²) < 4.78 is 5.38. The molecule has 0 radical (unpaired) electrons. The van der Waals surface area contributed by atoms with Crippen LogP contribution in [0.4, 0.5) is 5.69 Å². The van der Waals surface area contributed by atoms with Gasteiger partial charge in [-0.1, -0.05) is 13.0 Å². The van der Waals surface area contributed by atoms with E-state index in [1.165, 1.54) is 0 Å². The molecule has 6 nitrogen and oxygen atoms in total. The highest BCUT2D eigenvalue weighted by Gasteiger charge is 2.12. The summed E-state index contributed by atoms with van der Waals surface area (Å²) >= 11 is 0. The zero-order chi connectivity index (χ0) is 14.4. The molecule has 6 heteroatoms. The molecule has 0 saturated carbocycles. The van der Waals surface area contributed by atoms with Crippen LogP contribution in [0.2, 0.25) is 0 Å². The number of aryl methyl sites for hydroxylation is 1. The molecule has 106 valence electrons. The monoisotopic (exact) mass is 274 g/mol. The molecule has 0 saturated heterocycles. The normalized spacial score (nSPS) is 10.3. The number of nitrogens with zero attached hydrogens (tertiary/aromatic N) is 2. The van der Waals surface area contributed by atoms with Gasteiger partial charge >= 0.3 is 0 Å². The Hall–Kier alpha value is -2.37. The number of aromatic amines is 1. The highest BCUT2D eigenvalue weighted by molar-refractivity contribution is 6.01. The molecule has 2 N–H and O–H groups in total. The number of hydrogen-bond acceptors (Lipinski definition) is 4. The van der Waals surface area contributed by atoms with Gasteiger partial charge in [-0.2, -0.15) is 0 Å². The Morgan fingerprint density at radius 1 is 1.40 bits per heavy atom. The summed E-state index contributed by atoms with van der Waals surface area (Å²) in [6, 6.07) is 7.22. The van der Waals surface area contributed by atoms with Crippen molar-refractivity contribution >= 4 is 11.6 Å². The standard InChI is InChI=1S/C14H18N4O2/c1-3-6-12-16-13(18-17-12)14(19)15-10-7-5-8-11(9-10)20-4-2/h5,7-9H,3-4,6H2,1-2H3,(H,15,19)(H,16,17,18). The number of hydrogen-bond donors (Lipinski definition) is 2. The number of benzene rings is 1. The minimum absolute atomic E-state index is 0.148. The Balaban J connectivity index is 2.04. The highest BCUT2D eigenvalue weighted by atomic mass is 16.5. The van der Waals surface area contributed by atoms with Crippen molar-refractivity contribution in [3.8, 4) is 5.75 Å². The molecule has 0 aliphatic carbocycles. The maximum absolute atomic E-state index is 12.0. The van der Waals surface area contributed by atoms with Crippen molar-refractivity contribution in [3.05, 3.63) is 35.9 Å². The Morgan fingerprint density at radius 3 is 3.00 bits per heavy atom. The van der Waals surface area contributed by atoms with Gasteiger partial charge in [0.15, 0.2) is 0 Å². The second kappa shape index (κ2) is 6.70. The van der Waals surface area contributed by atoms with Gasteiger partial charge in [-0.3, -0.25) is 9.89 Å². The van der Waals surface area contributed by atoms with Crippen LogP contribution in [-0.4, -0.2) is 27.7 Å². The first-order chi connectivity index (χ1) is 9.72. The minimum Gasteiger partial charge on any atom is -0.494 e. The molecule has 1 aromatic heterocycles. The summed E-state index contributed by atoms with van der Waals surface area (Å²) in [6.45, 7) is 4.54. The number of nitrogens with one attached hydrogen (secondary N) is 2.